The van der Waals surface area contributed by atoms with Crippen LogP contribution in [0.3, 0.4) is 0 Å². The van der Waals surface area contributed by atoms with Crippen LogP contribution in [-0.2, 0) is 4.79 Å². The van der Waals surface area contributed by atoms with E-state index >= 15 is 0 Å². The number of nitrogens with zero attached hydrogens (tertiary/aromatic N) is 1. The Hall–Kier alpha value is -1.02. The molecule has 0 aromatic heterocycles. The van der Waals surface area contributed by atoms with Crippen LogP contribution in [0.5, 0.6) is 0 Å². The minimum atomic E-state index is -0.0150. The van der Waals surface area contributed by atoms with Gasteiger partial charge in [0.25, 0.3) is 0 Å². The van der Waals surface area contributed by atoms with Gasteiger partial charge in [0, 0.05) is 12.2 Å². The third kappa shape index (κ3) is 4.69. The summed E-state index contributed by atoms with van der Waals surface area (Å²) in [7, 11) is 0. The average Bonchev–Trinajstić information content (AvgIpc) is 2.38. The zero-order chi connectivity index (χ0) is 13.4. The van der Waals surface area contributed by atoms with E-state index in [4.69, 9.17) is 11.6 Å². The van der Waals surface area contributed by atoms with Crippen molar-refractivity contribution in [1.82, 2.24) is 0 Å². The molecule has 0 aliphatic rings. The van der Waals surface area contributed by atoms with E-state index in [0.717, 1.165) is 30.6 Å². The Labute approximate surface area is 115 Å². The maximum Gasteiger partial charge on any atom is 0.241 e. The van der Waals surface area contributed by atoms with Gasteiger partial charge in [0.15, 0.2) is 0 Å². The maximum atomic E-state index is 11.9. The minimum absolute atomic E-state index is 0.0150. The summed E-state index contributed by atoms with van der Waals surface area (Å²) < 4.78 is 0. The largest absolute Gasteiger partial charge is 0.311 e. The van der Waals surface area contributed by atoms with Crippen LogP contribution in [0.1, 0.15) is 38.2 Å². The van der Waals surface area contributed by atoms with E-state index in [1.165, 1.54) is 12.8 Å². The van der Waals surface area contributed by atoms with Gasteiger partial charge < -0.3 is 4.90 Å². The molecular formula is C15H22ClNO. The third-order valence-electron chi connectivity index (χ3n) is 2.96. The number of benzene rings is 1. The highest BCUT2D eigenvalue weighted by molar-refractivity contribution is 6.29. The molecule has 0 radical (unpaired) electrons. The highest BCUT2D eigenvalue weighted by atomic mass is 35.5. The van der Waals surface area contributed by atoms with Crippen molar-refractivity contribution >= 4 is 23.2 Å². The minimum Gasteiger partial charge on any atom is -0.311 e. The number of hydrogen-bond acceptors (Lipinski definition) is 1. The summed E-state index contributed by atoms with van der Waals surface area (Å²) in [5.74, 6) is 0.0283. The Morgan fingerprint density at radius 1 is 1.28 bits per heavy atom. The summed E-state index contributed by atoms with van der Waals surface area (Å²) in [5, 5.41) is 0. The van der Waals surface area contributed by atoms with Crippen molar-refractivity contribution < 1.29 is 4.79 Å². The van der Waals surface area contributed by atoms with Gasteiger partial charge in [-0.2, -0.15) is 0 Å². The van der Waals surface area contributed by atoms with Crippen molar-refractivity contribution in [1.29, 1.82) is 0 Å². The number of carbonyl (C=O) groups is 1. The lowest BCUT2D eigenvalue weighted by Crippen LogP contribution is -2.32. The van der Waals surface area contributed by atoms with E-state index < -0.39 is 0 Å². The summed E-state index contributed by atoms with van der Waals surface area (Å²) in [6.07, 6.45) is 4.61. The Kier molecular flexibility index (Phi) is 6.81. The van der Waals surface area contributed by atoms with Crippen molar-refractivity contribution in [3.05, 3.63) is 29.8 Å². The van der Waals surface area contributed by atoms with Crippen molar-refractivity contribution in [3.8, 4) is 0 Å². The molecule has 1 amide bonds. The summed E-state index contributed by atoms with van der Waals surface area (Å²) in [6.45, 7) is 4.97. The second kappa shape index (κ2) is 8.15. The number of aryl methyl sites for hydroxylation is 1. The topological polar surface area (TPSA) is 20.3 Å². The third-order valence-corrected chi connectivity index (χ3v) is 3.19. The van der Waals surface area contributed by atoms with Gasteiger partial charge in [-0.25, -0.2) is 0 Å². The van der Waals surface area contributed by atoms with Crippen LogP contribution in [0.25, 0.3) is 0 Å². The molecule has 3 heteroatoms. The van der Waals surface area contributed by atoms with Crippen LogP contribution in [0.2, 0.25) is 0 Å². The molecule has 0 heterocycles. The number of unbranched alkanes of at least 4 members (excludes halogenated alkanes) is 3. The number of halogens is 1. The number of anilines is 1. The lowest BCUT2D eigenvalue weighted by Gasteiger charge is -2.22. The second-order valence-electron chi connectivity index (χ2n) is 4.58. The van der Waals surface area contributed by atoms with E-state index in [0.29, 0.717) is 0 Å². The number of hydrogen-bond donors (Lipinski definition) is 0. The van der Waals surface area contributed by atoms with Crippen molar-refractivity contribution in [2.24, 2.45) is 0 Å². The van der Waals surface area contributed by atoms with Crippen LogP contribution in [0.4, 0.5) is 5.69 Å². The maximum absolute atomic E-state index is 11.9. The first-order valence-electron chi connectivity index (χ1n) is 6.62. The van der Waals surface area contributed by atoms with Crippen molar-refractivity contribution in [3.63, 3.8) is 0 Å². The van der Waals surface area contributed by atoms with Gasteiger partial charge in [-0.3, -0.25) is 4.79 Å². The number of amides is 1. The Bertz CT molecular complexity index is 379. The lowest BCUT2D eigenvalue weighted by atomic mass is 10.1. The molecule has 1 rings (SSSR count). The van der Waals surface area contributed by atoms with E-state index in [9.17, 15) is 4.79 Å². The summed E-state index contributed by atoms with van der Waals surface area (Å²) in [5.41, 5.74) is 2.12. The zero-order valence-corrected chi connectivity index (χ0v) is 12.0. The van der Waals surface area contributed by atoms with E-state index in [1.807, 2.05) is 31.2 Å². The Morgan fingerprint density at radius 2 is 2.06 bits per heavy atom. The van der Waals surface area contributed by atoms with Crippen LogP contribution < -0.4 is 4.90 Å². The van der Waals surface area contributed by atoms with Crippen molar-refractivity contribution in [2.75, 3.05) is 17.3 Å². The van der Waals surface area contributed by atoms with Gasteiger partial charge in [-0.05, 0) is 31.0 Å². The molecule has 0 saturated heterocycles. The highest BCUT2D eigenvalue weighted by Gasteiger charge is 2.13. The molecular weight excluding hydrogens is 246 g/mol. The summed E-state index contributed by atoms with van der Waals surface area (Å²) in [6, 6.07) is 8.01. The molecule has 18 heavy (non-hydrogen) atoms. The number of rotatable bonds is 7. The van der Waals surface area contributed by atoms with Crippen LogP contribution in [0.15, 0.2) is 24.3 Å². The zero-order valence-electron chi connectivity index (χ0n) is 11.3. The van der Waals surface area contributed by atoms with Gasteiger partial charge in [0.05, 0.1) is 0 Å². The smallest absolute Gasteiger partial charge is 0.241 e. The fourth-order valence-corrected chi connectivity index (χ4v) is 2.11. The first-order chi connectivity index (χ1) is 8.69. The van der Waals surface area contributed by atoms with Crippen LogP contribution >= 0.6 is 11.6 Å². The fourth-order valence-electron chi connectivity index (χ4n) is 1.96. The molecule has 1 aromatic rings. The molecule has 0 bridgehead atoms. The van der Waals surface area contributed by atoms with Crippen molar-refractivity contribution in [2.45, 2.75) is 39.5 Å². The SMILES string of the molecule is CCCCCCN(C(=O)CCl)c1cccc(C)c1. The summed E-state index contributed by atoms with van der Waals surface area (Å²) in [4.78, 5) is 13.7. The normalized spacial score (nSPS) is 10.4. The molecule has 0 saturated carbocycles. The van der Waals surface area contributed by atoms with E-state index in [1.54, 1.807) is 4.90 Å². The number of alkyl halides is 1. The van der Waals surface area contributed by atoms with E-state index in [2.05, 4.69) is 6.92 Å². The van der Waals surface area contributed by atoms with Gasteiger partial charge in [0.2, 0.25) is 5.91 Å². The molecule has 0 fully saturated rings. The molecule has 100 valence electrons. The molecule has 0 atom stereocenters. The molecule has 0 unspecified atom stereocenters. The standard InChI is InChI=1S/C15H22ClNO/c1-3-4-5-6-10-17(15(18)12-16)14-9-7-8-13(2)11-14/h7-9,11H,3-6,10,12H2,1-2H3. The quantitative estimate of drug-likeness (QED) is 0.537. The Balaban J connectivity index is 2.69. The molecule has 0 N–H and O–H groups in total. The summed E-state index contributed by atoms with van der Waals surface area (Å²) >= 11 is 5.69. The first-order valence-corrected chi connectivity index (χ1v) is 7.15. The highest BCUT2D eigenvalue weighted by Crippen LogP contribution is 2.17. The fraction of sp³-hybridized carbons (Fsp3) is 0.533. The molecule has 0 aliphatic carbocycles. The van der Waals surface area contributed by atoms with Gasteiger partial charge in [-0.1, -0.05) is 38.3 Å². The molecule has 0 spiro atoms. The molecule has 0 aliphatic heterocycles. The lowest BCUT2D eigenvalue weighted by molar-refractivity contribution is -0.116. The number of carbonyl (C=O) groups excluding carboxylic acids is 1. The van der Waals surface area contributed by atoms with E-state index in [-0.39, 0.29) is 11.8 Å². The first kappa shape index (κ1) is 15.0. The average molecular weight is 268 g/mol. The van der Waals surface area contributed by atoms with Gasteiger partial charge in [-0.15, -0.1) is 11.6 Å². The predicted octanol–water partition coefficient (Wildman–Crippen LogP) is 4.15. The van der Waals surface area contributed by atoms with Crippen LogP contribution in [0, 0.1) is 6.92 Å². The molecule has 2 nitrogen and oxygen atoms in total. The monoisotopic (exact) mass is 267 g/mol. The van der Waals surface area contributed by atoms with Gasteiger partial charge in [0.1, 0.15) is 5.88 Å². The van der Waals surface area contributed by atoms with Crippen LogP contribution in [-0.4, -0.2) is 18.3 Å². The second-order valence-corrected chi connectivity index (χ2v) is 4.85. The predicted molar refractivity (Wildman–Crippen MR) is 78.4 cm³/mol. The Morgan fingerprint density at radius 3 is 2.67 bits per heavy atom. The van der Waals surface area contributed by atoms with Gasteiger partial charge >= 0.3 is 0 Å². The molecule has 1 aromatic carbocycles.